The van der Waals surface area contributed by atoms with Crippen LogP contribution in [0.5, 0.6) is 0 Å². The van der Waals surface area contributed by atoms with Gasteiger partial charge in [0, 0.05) is 5.92 Å². The molecule has 0 N–H and O–H groups in total. The molecule has 2 rings (SSSR count). The first-order chi connectivity index (χ1) is 6.29. The Hall–Kier alpha value is -0.780. The molecular formula is C13H18. The molecule has 0 heterocycles. The number of hydrogen-bond acceptors (Lipinski definition) is 0. The molecule has 0 spiro atoms. The lowest BCUT2D eigenvalue weighted by Crippen LogP contribution is -2.15. The molecule has 0 saturated heterocycles. The van der Waals surface area contributed by atoms with Crippen LogP contribution in [-0.4, -0.2) is 0 Å². The van der Waals surface area contributed by atoms with Crippen molar-refractivity contribution in [2.75, 3.05) is 0 Å². The summed E-state index contributed by atoms with van der Waals surface area (Å²) in [6.45, 7) is 4.63. The van der Waals surface area contributed by atoms with Gasteiger partial charge < -0.3 is 0 Å². The second kappa shape index (κ2) is 3.53. The highest BCUT2D eigenvalue weighted by atomic mass is 14.3. The summed E-state index contributed by atoms with van der Waals surface area (Å²) >= 11 is 0. The van der Waals surface area contributed by atoms with Crippen molar-refractivity contribution in [3.8, 4) is 0 Å². The van der Waals surface area contributed by atoms with E-state index in [2.05, 4.69) is 38.2 Å². The van der Waals surface area contributed by atoms with Crippen LogP contribution in [0, 0.1) is 11.8 Å². The lowest BCUT2D eigenvalue weighted by molar-refractivity contribution is 0.516. The van der Waals surface area contributed by atoms with E-state index in [4.69, 9.17) is 0 Å². The smallest absolute Gasteiger partial charge is 0.00436 e. The third kappa shape index (κ3) is 1.63. The van der Waals surface area contributed by atoms with Gasteiger partial charge in [0.1, 0.15) is 0 Å². The van der Waals surface area contributed by atoms with Crippen LogP contribution in [0.2, 0.25) is 0 Å². The fraction of sp³-hybridized carbons (Fsp3) is 0.538. The third-order valence-corrected chi connectivity index (χ3v) is 3.08. The van der Waals surface area contributed by atoms with Crippen molar-refractivity contribution < 1.29 is 0 Å². The summed E-state index contributed by atoms with van der Waals surface area (Å²) in [5, 5.41) is 0. The summed E-state index contributed by atoms with van der Waals surface area (Å²) in [4.78, 5) is 0. The molecule has 0 radical (unpaired) electrons. The molecule has 0 nitrogen and oxygen atoms in total. The zero-order valence-electron chi connectivity index (χ0n) is 8.59. The van der Waals surface area contributed by atoms with E-state index in [1.807, 2.05) is 0 Å². The van der Waals surface area contributed by atoms with Crippen molar-refractivity contribution >= 4 is 0 Å². The SMILES string of the molecule is CC(C)C1C=CC=C2CCCC=C21. The molecule has 0 aromatic rings. The average Bonchev–Trinajstić information content (AvgIpc) is 2.17. The molecule has 0 aromatic carbocycles. The highest BCUT2D eigenvalue weighted by molar-refractivity contribution is 5.43. The fourth-order valence-electron chi connectivity index (χ4n) is 2.33. The van der Waals surface area contributed by atoms with Gasteiger partial charge in [-0.25, -0.2) is 0 Å². The van der Waals surface area contributed by atoms with Crippen LogP contribution >= 0.6 is 0 Å². The quantitative estimate of drug-likeness (QED) is 0.566. The lowest BCUT2D eigenvalue weighted by atomic mass is 9.77. The van der Waals surface area contributed by atoms with E-state index >= 15 is 0 Å². The first kappa shape index (κ1) is 8.80. The van der Waals surface area contributed by atoms with Crippen LogP contribution in [-0.2, 0) is 0 Å². The highest BCUT2D eigenvalue weighted by Crippen LogP contribution is 2.36. The Morgan fingerprint density at radius 2 is 2.23 bits per heavy atom. The largest absolute Gasteiger partial charge is 0.0804 e. The van der Waals surface area contributed by atoms with Gasteiger partial charge in [-0.15, -0.1) is 0 Å². The van der Waals surface area contributed by atoms with Gasteiger partial charge in [0.05, 0.1) is 0 Å². The molecular weight excluding hydrogens is 156 g/mol. The molecule has 0 aliphatic heterocycles. The van der Waals surface area contributed by atoms with Crippen LogP contribution in [0.4, 0.5) is 0 Å². The fourth-order valence-corrected chi connectivity index (χ4v) is 2.33. The number of hydrogen-bond donors (Lipinski definition) is 0. The predicted octanol–water partition coefficient (Wildman–Crippen LogP) is 3.87. The van der Waals surface area contributed by atoms with E-state index < -0.39 is 0 Å². The maximum atomic E-state index is 2.45. The monoisotopic (exact) mass is 174 g/mol. The minimum atomic E-state index is 0.681. The van der Waals surface area contributed by atoms with Crippen molar-refractivity contribution in [3.05, 3.63) is 35.5 Å². The van der Waals surface area contributed by atoms with Crippen LogP contribution in [0.1, 0.15) is 33.1 Å². The first-order valence-corrected chi connectivity index (χ1v) is 5.37. The van der Waals surface area contributed by atoms with Crippen LogP contribution in [0.25, 0.3) is 0 Å². The Labute approximate surface area is 81.0 Å². The summed E-state index contributed by atoms with van der Waals surface area (Å²) in [6, 6.07) is 0. The Kier molecular flexibility index (Phi) is 2.39. The number of allylic oxidation sites excluding steroid dienone is 6. The second-order valence-corrected chi connectivity index (χ2v) is 4.40. The molecule has 0 fully saturated rings. The Morgan fingerprint density at radius 3 is 3.00 bits per heavy atom. The predicted molar refractivity (Wildman–Crippen MR) is 57.5 cm³/mol. The van der Waals surface area contributed by atoms with Crippen molar-refractivity contribution in [2.24, 2.45) is 11.8 Å². The van der Waals surface area contributed by atoms with Gasteiger partial charge in [-0.1, -0.05) is 38.2 Å². The van der Waals surface area contributed by atoms with E-state index in [0.29, 0.717) is 5.92 Å². The molecule has 13 heavy (non-hydrogen) atoms. The van der Waals surface area contributed by atoms with Gasteiger partial charge in [-0.2, -0.15) is 0 Å². The summed E-state index contributed by atoms with van der Waals surface area (Å²) in [7, 11) is 0. The normalized spacial score (nSPS) is 26.8. The molecule has 0 saturated carbocycles. The van der Waals surface area contributed by atoms with E-state index in [1.165, 1.54) is 19.3 Å². The molecule has 1 atom stereocenters. The zero-order chi connectivity index (χ0) is 9.26. The maximum Gasteiger partial charge on any atom is 0.00436 e. The van der Waals surface area contributed by atoms with Gasteiger partial charge in [0.15, 0.2) is 0 Å². The van der Waals surface area contributed by atoms with E-state index in [9.17, 15) is 0 Å². The third-order valence-electron chi connectivity index (χ3n) is 3.08. The molecule has 0 amide bonds. The standard InChI is InChI=1S/C13H18/c1-10(2)12-9-5-7-11-6-3-4-8-13(11)12/h5,7-10,12H,3-4,6H2,1-2H3. The first-order valence-electron chi connectivity index (χ1n) is 5.37. The Morgan fingerprint density at radius 1 is 1.38 bits per heavy atom. The molecule has 2 aliphatic carbocycles. The highest BCUT2D eigenvalue weighted by Gasteiger charge is 2.22. The van der Waals surface area contributed by atoms with Gasteiger partial charge in [0.2, 0.25) is 0 Å². The minimum absolute atomic E-state index is 0.681. The van der Waals surface area contributed by atoms with Crippen molar-refractivity contribution in [3.63, 3.8) is 0 Å². The second-order valence-electron chi connectivity index (χ2n) is 4.40. The van der Waals surface area contributed by atoms with Gasteiger partial charge in [-0.05, 0) is 36.3 Å². The van der Waals surface area contributed by atoms with E-state index in [0.717, 1.165) is 5.92 Å². The molecule has 70 valence electrons. The van der Waals surface area contributed by atoms with Crippen LogP contribution in [0.15, 0.2) is 35.5 Å². The summed E-state index contributed by atoms with van der Waals surface area (Å²) in [6.07, 6.45) is 13.2. The molecule has 2 aliphatic rings. The average molecular weight is 174 g/mol. The maximum absolute atomic E-state index is 2.45. The molecule has 0 bridgehead atoms. The van der Waals surface area contributed by atoms with Crippen molar-refractivity contribution in [1.82, 2.24) is 0 Å². The number of rotatable bonds is 1. The topological polar surface area (TPSA) is 0 Å². The summed E-state index contributed by atoms with van der Waals surface area (Å²) < 4.78 is 0. The zero-order valence-corrected chi connectivity index (χ0v) is 8.59. The Bertz CT molecular complexity index is 276. The van der Waals surface area contributed by atoms with E-state index in [1.54, 1.807) is 11.1 Å². The molecule has 0 heteroatoms. The van der Waals surface area contributed by atoms with Gasteiger partial charge >= 0.3 is 0 Å². The summed E-state index contributed by atoms with van der Waals surface area (Å²) in [5.41, 5.74) is 3.20. The van der Waals surface area contributed by atoms with Crippen LogP contribution in [0.3, 0.4) is 0 Å². The van der Waals surface area contributed by atoms with Gasteiger partial charge in [-0.3, -0.25) is 0 Å². The Balaban J connectivity index is 2.30. The van der Waals surface area contributed by atoms with Crippen molar-refractivity contribution in [2.45, 2.75) is 33.1 Å². The van der Waals surface area contributed by atoms with E-state index in [-0.39, 0.29) is 0 Å². The minimum Gasteiger partial charge on any atom is -0.0804 e. The molecule has 1 unspecified atom stereocenters. The number of fused-ring (bicyclic) bond motifs is 1. The van der Waals surface area contributed by atoms with Gasteiger partial charge in [0.25, 0.3) is 0 Å². The lowest BCUT2D eigenvalue weighted by Gasteiger charge is -2.28. The van der Waals surface area contributed by atoms with Crippen LogP contribution < -0.4 is 0 Å². The summed E-state index contributed by atoms with van der Waals surface area (Å²) in [5.74, 6) is 1.42. The van der Waals surface area contributed by atoms with Crippen molar-refractivity contribution in [1.29, 1.82) is 0 Å². The molecule has 0 aromatic heterocycles.